The molecular weight excluding hydrogens is 288 g/mol. The number of hydrogen-bond donors (Lipinski definition) is 1. The number of anilines is 1. The highest BCUT2D eigenvalue weighted by atomic mass is 35.5. The molecule has 2 nitrogen and oxygen atoms in total. The van der Waals surface area contributed by atoms with E-state index in [0.717, 1.165) is 10.6 Å². The first-order valence-corrected chi connectivity index (χ1v) is 7.61. The number of halogens is 1. The maximum atomic E-state index is 9.38. The third-order valence-electron chi connectivity index (χ3n) is 2.93. The van der Waals surface area contributed by atoms with Crippen LogP contribution in [0.25, 0.3) is 0 Å². The Balaban J connectivity index is 2.19. The fourth-order valence-electron chi connectivity index (χ4n) is 1.79. The Bertz CT molecular complexity index is 617. The molecule has 0 fully saturated rings. The number of thiophene rings is 1. The minimum atomic E-state index is -0.336. The minimum Gasteiger partial charge on any atom is -0.366 e. The molecule has 0 aliphatic carbocycles. The molecule has 0 radical (unpaired) electrons. The molecular formula is C16H17ClN2S. The van der Waals surface area contributed by atoms with Crippen LogP contribution in [0.1, 0.15) is 36.6 Å². The first kappa shape index (κ1) is 14.9. The fraction of sp³-hybridized carbons (Fsp3) is 0.312. The van der Waals surface area contributed by atoms with Gasteiger partial charge in [-0.25, -0.2) is 0 Å². The lowest BCUT2D eigenvalue weighted by molar-refractivity contribution is 0.604. The molecule has 20 heavy (non-hydrogen) atoms. The minimum absolute atomic E-state index is 0.114. The first-order valence-electron chi connectivity index (χ1n) is 6.42. The highest BCUT2D eigenvalue weighted by Gasteiger charge is 2.19. The van der Waals surface area contributed by atoms with Crippen molar-refractivity contribution in [1.82, 2.24) is 0 Å². The van der Waals surface area contributed by atoms with Crippen molar-refractivity contribution in [3.63, 3.8) is 0 Å². The van der Waals surface area contributed by atoms with E-state index in [1.54, 1.807) is 11.3 Å². The van der Waals surface area contributed by atoms with Crippen LogP contribution in [0.2, 0.25) is 5.02 Å². The number of nitriles is 1. The summed E-state index contributed by atoms with van der Waals surface area (Å²) in [6, 6.07) is 13.5. The van der Waals surface area contributed by atoms with E-state index in [0.29, 0.717) is 5.02 Å². The van der Waals surface area contributed by atoms with E-state index in [-0.39, 0.29) is 11.5 Å². The van der Waals surface area contributed by atoms with Gasteiger partial charge in [0.1, 0.15) is 6.04 Å². The second-order valence-corrected chi connectivity index (χ2v) is 7.22. The number of nitrogens with zero attached hydrogens (tertiary/aromatic N) is 1. The van der Waals surface area contributed by atoms with Crippen LogP contribution in [0.3, 0.4) is 0 Å². The molecule has 104 valence electrons. The molecule has 1 aromatic carbocycles. The van der Waals surface area contributed by atoms with Gasteiger partial charge in [0.15, 0.2) is 0 Å². The average Bonchev–Trinajstić information content (AvgIpc) is 2.87. The van der Waals surface area contributed by atoms with Crippen LogP contribution in [0.4, 0.5) is 5.69 Å². The van der Waals surface area contributed by atoms with Crippen LogP contribution in [-0.4, -0.2) is 0 Å². The quantitative estimate of drug-likeness (QED) is 0.826. The van der Waals surface area contributed by atoms with Gasteiger partial charge in [0.2, 0.25) is 0 Å². The Kier molecular flexibility index (Phi) is 4.37. The van der Waals surface area contributed by atoms with Gasteiger partial charge in [-0.05, 0) is 41.8 Å². The van der Waals surface area contributed by atoms with Crippen molar-refractivity contribution in [1.29, 1.82) is 5.26 Å². The Hall–Kier alpha value is -1.50. The molecule has 1 aromatic heterocycles. The summed E-state index contributed by atoms with van der Waals surface area (Å²) >= 11 is 7.55. The average molecular weight is 305 g/mol. The second-order valence-electron chi connectivity index (χ2n) is 5.67. The molecule has 0 aliphatic heterocycles. The molecule has 4 heteroatoms. The zero-order valence-electron chi connectivity index (χ0n) is 11.8. The lowest BCUT2D eigenvalue weighted by Gasteiger charge is -2.16. The summed E-state index contributed by atoms with van der Waals surface area (Å²) in [5, 5.41) is 13.3. The molecule has 2 aromatic rings. The SMILES string of the molecule is CC(C)(C)c1ccc(C(C#N)Nc2ccc(Cl)cc2)s1. The zero-order chi connectivity index (χ0) is 14.8. The highest BCUT2D eigenvalue weighted by Crippen LogP contribution is 2.33. The normalized spacial score (nSPS) is 12.8. The van der Waals surface area contributed by atoms with Gasteiger partial charge in [0.25, 0.3) is 0 Å². The highest BCUT2D eigenvalue weighted by molar-refractivity contribution is 7.12. The standard InChI is InChI=1S/C16H17ClN2S/c1-16(2,3)15-9-8-14(20-15)13(10-18)19-12-6-4-11(17)5-7-12/h4-9,13,19H,1-3H3. The van der Waals surface area contributed by atoms with Crippen molar-refractivity contribution >= 4 is 28.6 Å². The monoisotopic (exact) mass is 304 g/mol. The van der Waals surface area contributed by atoms with E-state index in [1.165, 1.54) is 4.88 Å². The third-order valence-corrected chi connectivity index (χ3v) is 4.76. The van der Waals surface area contributed by atoms with Gasteiger partial charge in [0.05, 0.1) is 6.07 Å². The molecule has 1 N–H and O–H groups in total. The van der Waals surface area contributed by atoms with E-state index in [2.05, 4.69) is 38.2 Å². The number of rotatable bonds is 3. The molecule has 0 amide bonds. The topological polar surface area (TPSA) is 35.8 Å². The molecule has 2 rings (SSSR count). The summed E-state index contributed by atoms with van der Waals surface area (Å²) < 4.78 is 0. The largest absolute Gasteiger partial charge is 0.366 e. The van der Waals surface area contributed by atoms with Crippen molar-refractivity contribution in [2.75, 3.05) is 5.32 Å². The van der Waals surface area contributed by atoms with E-state index >= 15 is 0 Å². The van der Waals surface area contributed by atoms with Crippen LogP contribution in [-0.2, 0) is 5.41 Å². The second kappa shape index (κ2) is 5.87. The zero-order valence-corrected chi connectivity index (χ0v) is 13.3. The van der Waals surface area contributed by atoms with Crippen molar-refractivity contribution in [2.45, 2.75) is 32.2 Å². The molecule has 1 unspecified atom stereocenters. The predicted molar refractivity (Wildman–Crippen MR) is 86.4 cm³/mol. The number of benzene rings is 1. The van der Waals surface area contributed by atoms with Crippen molar-refractivity contribution in [3.8, 4) is 6.07 Å². The van der Waals surface area contributed by atoms with Crippen LogP contribution >= 0.6 is 22.9 Å². The summed E-state index contributed by atoms with van der Waals surface area (Å²) in [6.45, 7) is 6.53. The van der Waals surface area contributed by atoms with Crippen LogP contribution in [0.15, 0.2) is 36.4 Å². The van der Waals surface area contributed by atoms with E-state index < -0.39 is 0 Å². The van der Waals surface area contributed by atoms with Gasteiger partial charge in [-0.15, -0.1) is 11.3 Å². The van der Waals surface area contributed by atoms with Crippen molar-refractivity contribution in [2.24, 2.45) is 0 Å². The number of hydrogen-bond acceptors (Lipinski definition) is 3. The Morgan fingerprint density at radius 2 is 1.80 bits per heavy atom. The lowest BCUT2D eigenvalue weighted by Crippen LogP contribution is -2.08. The smallest absolute Gasteiger partial charge is 0.149 e. The molecule has 0 saturated carbocycles. The number of nitrogens with one attached hydrogen (secondary N) is 1. The summed E-state index contributed by atoms with van der Waals surface area (Å²) in [5.41, 5.74) is 1.01. The van der Waals surface area contributed by atoms with Gasteiger partial charge in [-0.2, -0.15) is 5.26 Å². The van der Waals surface area contributed by atoms with Gasteiger partial charge in [0, 0.05) is 20.5 Å². The van der Waals surface area contributed by atoms with Crippen molar-refractivity contribution < 1.29 is 0 Å². The fourth-order valence-corrected chi connectivity index (χ4v) is 2.98. The van der Waals surface area contributed by atoms with Gasteiger partial charge in [-0.3, -0.25) is 0 Å². The Labute approximate surface area is 129 Å². The van der Waals surface area contributed by atoms with E-state index in [4.69, 9.17) is 11.6 Å². The molecule has 1 atom stereocenters. The van der Waals surface area contributed by atoms with Crippen LogP contribution < -0.4 is 5.32 Å². The Morgan fingerprint density at radius 1 is 1.15 bits per heavy atom. The molecule has 0 saturated heterocycles. The molecule has 0 aliphatic rings. The van der Waals surface area contributed by atoms with Gasteiger partial charge in [-0.1, -0.05) is 32.4 Å². The Morgan fingerprint density at radius 3 is 2.30 bits per heavy atom. The van der Waals surface area contributed by atoms with Gasteiger partial charge >= 0.3 is 0 Å². The first-order chi connectivity index (χ1) is 9.40. The molecule has 1 heterocycles. The van der Waals surface area contributed by atoms with Crippen molar-refractivity contribution in [3.05, 3.63) is 51.2 Å². The lowest BCUT2D eigenvalue weighted by atomic mass is 9.95. The van der Waals surface area contributed by atoms with E-state index in [9.17, 15) is 5.26 Å². The molecule has 0 spiro atoms. The summed E-state index contributed by atoms with van der Waals surface area (Å²) in [4.78, 5) is 2.32. The maximum absolute atomic E-state index is 9.38. The summed E-state index contributed by atoms with van der Waals surface area (Å²) in [5.74, 6) is 0. The maximum Gasteiger partial charge on any atom is 0.149 e. The van der Waals surface area contributed by atoms with E-state index in [1.807, 2.05) is 30.3 Å². The molecule has 0 bridgehead atoms. The van der Waals surface area contributed by atoms with Crippen LogP contribution in [0.5, 0.6) is 0 Å². The summed E-state index contributed by atoms with van der Waals surface area (Å²) in [6.07, 6.45) is 0. The summed E-state index contributed by atoms with van der Waals surface area (Å²) in [7, 11) is 0. The predicted octanol–water partition coefficient (Wildman–Crippen LogP) is 5.38. The van der Waals surface area contributed by atoms with Crippen LogP contribution in [0, 0.1) is 11.3 Å². The van der Waals surface area contributed by atoms with Gasteiger partial charge < -0.3 is 5.32 Å². The third kappa shape index (κ3) is 3.53.